The molecule has 4 aliphatic rings. The van der Waals surface area contributed by atoms with Crippen LogP contribution in [-0.4, -0.2) is 118 Å². The Kier molecular flexibility index (Phi) is 7.14. The molecule has 0 aliphatic carbocycles. The summed E-state index contributed by atoms with van der Waals surface area (Å²) in [5.74, 6) is -1.94. The zero-order valence-corrected chi connectivity index (χ0v) is 20.9. The van der Waals surface area contributed by atoms with Crippen LogP contribution in [0.25, 0.3) is 0 Å². The molecule has 4 amide bonds. The minimum absolute atomic E-state index is 0.00270. The molecule has 3 fully saturated rings. The zero-order chi connectivity index (χ0) is 26.3. The number of hydrogen-bond acceptors (Lipinski definition) is 8. The van der Waals surface area contributed by atoms with Crippen molar-refractivity contribution in [1.82, 2.24) is 19.6 Å². The van der Waals surface area contributed by atoms with Gasteiger partial charge in [0.1, 0.15) is 29.8 Å². The molecular weight excluding hydrogens is 490 g/mol. The number of aliphatic carboxylic acids is 1. The summed E-state index contributed by atoms with van der Waals surface area (Å²) in [5, 5.41) is 9.33. The summed E-state index contributed by atoms with van der Waals surface area (Å²) in [6.07, 6.45) is 2.98. The van der Waals surface area contributed by atoms with Crippen molar-refractivity contribution in [1.29, 1.82) is 0 Å². The maximum Gasteiger partial charge on any atom is 0.410 e. The summed E-state index contributed by atoms with van der Waals surface area (Å²) in [4.78, 5) is 68.3. The van der Waals surface area contributed by atoms with Gasteiger partial charge in [0.2, 0.25) is 17.7 Å². The molecule has 0 aromatic rings. The molecular formula is C23H29N5O7S. The average Bonchev–Trinajstić information content (AvgIpc) is 3.44. The molecule has 4 atom stereocenters. The van der Waals surface area contributed by atoms with Gasteiger partial charge in [-0.25, -0.2) is 9.59 Å². The van der Waals surface area contributed by atoms with E-state index < -0.39 is 41.5 Å². The molecule has 13 heteroatoms. The van der Waals surface area contributed by atoms with E-state index in [1.807, 2.05) is 0 Å². The van der Waals surface area contributed by atoms with Crippen molar-refractivity contribution in [3.05, 3.63) is 35.6 Å². The Balaban J connectivity index is 1.55. The van der Waals surface area contributed by atoms with Crippen molar-refractivity contribution >= 4 is 41.5 Å². The third kappa shape index (κ3) is 4.37. The summed E-state index contributed by atoms with van der Waals surface area (Å²) >= 11 is 1.36. The first-order chi connectivity index (χ1) is 17.1. The fourth-order valence-corrected chi connectivity index (χ4v) is 6.22. The molecule has 4 heterocycles. The molecule has 0 radical (unpaired) electrons. The molecule has 0 aromatic heterocycles. The number of likely N-dealkylation sites (tertiary alicyclic amines) is 2. The van der Waals surface area contributed by atoms with Crippen LogP contribution >= 0.6 is 11.8 Å². The zero-order valence-electron chi connectivity index (χ0n) is 20.1. The highest BCUT2D eigenvalue weighted by atomic mass is 32.2. The van der Waals surface area contributed by atoms with Gasteiger partial charge in [0.25, 0.3) is 0 Å². The fourth-order valence-electron chi connectivity index (χ4n) is 4.96. The third-order valence-electron chi connectivity index (χ3n) is 6.75. The number of thioether (sulfide) groups is 1. The molecule has 3 N–H and O–H groups in total. The lowest BCUT2D eigenvalue weighted by molar-refractivity contribution is -0.147. The molecule has 194 valence electrons. The van der Waals surface area contributed by atoms with Gasteiger partial charge in [0.15, 0.2) is 0 Å². The SMILES string of the molecule is C=CCOC(=O)N1C[C@@H](N2CC/C(=C\C3=C(C(=O)O)N4C(=O)[C@@H](N)[C@H]4SC3)C2=O)C[C@H]1C(=O)N(C)C. The van der Waals surface area contributed by atoms with Crippen molar-refractivity contribution in [3.63, 3.8) is 0 Å². The summed E-state index contributed by atoms with van der Waals surface area (Å²) in [5.41, 5.74) is 6.46. The highest BCUT2D eigenvalue weighted by molar-refractivity contribution is 8.00. The number of carboxylic acid groups (broad SMARTS) is 1. The molecule has 4 aliphatic heterocycles. The maximum absolute atomic E-state index is 13.3. The van der Waals surface area contributed by atoms with E-state index in [4.69, 9.17) is 10.5 Å². The number of β-lactam (4-membered cyclic amide) rings is 1. The third-order valence-corrected chi connectivity index (χ3v) is 8.08. The van der Waals surface area contributed by atoms with Crippen LogP contribution < -0.4 is 5.73 Å². The van der Waals surface area contributed by atoms with Crippen molar-refractivity contribution in [3.8, 4) is 0 Å². The van der Waals surface area contributed by atoms with Crippen LogP contribution in [0, 0.1) is 0 Å². The monoisotopic (exact) mass is 519 g/mol. The summed E-state index contributed by atoms with van der Waals surface area (Å²) in [7, 11) is 3.20. The molecule has 0 aromatic carbocycles. The number of likely N-dealkylation sites (N-methyl/N-ethyl adjacent to an activating group) is 1. The van der Waals surface area contributed by atoms with Gasteiger partial charge in [-0.05, 0) is 24.5 Å². The van der Waals surface area contributed by atoms with E-state index in [0.717, 1.165) is 0 Å². The Labute approximate surface area is 212 Å². The normalized spacial score (nSPS) is 28.9. The first kappa shape index (κ1) is 25.8. The predicted octanol–water partition coefficient (Wildman–Crippen LogP) is -0.420. The minimum atomic E-state index is -1.25. The molecule has 0 bridgehead atoms. The summed E-state index contributed by atoms with van der Waals surface area (Å²) in [6, 6.07) is -1.90. The molecule has 0 saturated carbocycles. The first-order valence-electron chi connectivity index (χ1n) is 11.5. The summed E-state index contributed by atoms with van der Waals surface area (Å²) < 4.78 is 5.15. The van der Waals surface area contributed by atoms with Crippen LogP contribution in [0.1, 0.15) is 12.8 Å². The quantitative estimate of drug-likeness (QED) is 0.271. The van der Waals surface area contributed by atoms with E-state index in [-0.39, 0.29) is 37.1 Å². The van der Waals surface area contributed by atoms with E-state index in [9.17, 15) is 29.1 Å². The van der Waals surface area contributed by atoms with Crippen LogP contribution in [0.4, 0.5) is 4.79 Å². The Bertz CT molecular complexity index is 1090. The Morgan fingerprint density at radius 3 is 2.67 bits per heavy atom. The highest BCUT2D eigenvalue weighted by Crippen LogP contribution is 2.40. The number of nitrogens with zero attached hydrogens (tertiary/aromatic N) is 4. The summed E-state index contributed by atoms with van der Waals surface area (Å²) in [6.45, 7) is 4.03. The molecule has 0 spiro atoms. The fraction of sp³-hybridized carbons (Fsp3) is 0.522. The van der Waals surface area contributed by atoms with Crippen molar-refractivity contribution in [2.24, 2.45) is 5.73 Å². The number of nitrogens with two attached hydrogens (primary N) is 1. The maximum atomic E-state index is 13.3. The first-order valence-corrected chi connectivity index (χ1v) is 12.5. The minimum Gasteiger partial charge on any atom is -0.477 e. The van der Waals surface area contributed by atoms with Crippen molar-refractivity contribution in [2.45, 2.75) is 36.3 Å². The van der Waals surface area contributed by atoms with E-state index in [1.165, 1.54) is 32.5 Å². The smallest absolute Gasteiger partial charge is 0.410 e. The second-order valence-corrected chi connectivity index (χ2v) is 10.3. The van der Waals surface area contributed by atoms with Gasteiger partial charge in [-0.15, -0.1) is 11.8 Å². The van der Waals surface area contributed by atoms with Gasteiger partial charge in [0, 0.05) is 38.5 Å². The van der Waals surface area contributed by atoms with Crippen molar-refractivity contribution in [2.75, 3.05) is 39.5 Å². The van der Waals surface area contributed by atoms with Gasteiger partial charge >= 0.3 is 12.1 Å². The lowest BCUT2D eigenvalue weighted by Gasteiger charge is -2.47. The number of hydrogen-bond donors (Lipinski definition) is 2. The number of carbonyl (C=O) groups is 5. The van der Waals surface area contributed by atoms with E-state index >= 15 is 0 Å². The van der Waals surface area contributed by atoms with Crippen molar-refractivity contribution < 1.29 is 33.8 Å². The molecule has 0 unspecified atom stereocenters. The number of carboxylic acids is 1. The molecule has 36 heavy (non-hydrogen) atoms. The standard InChI is InChI=1S/C23H29N5O7S/c1-4-7-35-23(34)27-10-14(9-15(27)19(30)25(2)3)26-6-5-12(18(26)29)8-13-11-36-21-16(24)20(31)28(21)17(13)22(32)33/h4,8,14-16,21H,1,5-7,9-11,24H2,2-3H3,(H,32,33)/b12-8+/t14-,15-,16+,21+/m0/s1. The molecule has 3 saturated heterocycles. The number of rotatable bonds is 6. The van der Waals surface area contributed by atoms with Crippen LogP contribution in [-0.2, 0) is 23.9 Å². The van der Waals surface area contributed by atoms with E-state index in [0.29, 0.717) is 29.9 Å². The van der Waals surface area contributed by atoms with Gasteiger partial charge in [-0.1, -0.05) is 12.7 Å². The van der Waals surface area contributed by atoms with Gasteiger partial charge in [-0.3, -0.25) is 24.2 Å². The second-order valence-electron chi connectivity index (χ2n) is 9.19. The highest BCUT2D eigenvalue weighted by Gasteiger charge is 2.52. The van der Waals surface area contributed by atoms with Crippen LogP contribution in [0.15, 0.2) is 35.6 Å². The van der Waals surface area contributed by atoms with Crippen LogP contribution in [0.3, 0.4) is 0 Å². The number of ether oxygens (including phenoxy) is 1. The predicted molar refractivity (Wildman–Crippen MR) is 129 cm³/mol. The van der Waals surface area contributed by atoms with Crippen LogP contribution in [0.5, 0.6) is 0 Å². The van der Waals surface area contributed by atoms with Gasteiger partial charge < -0.3 is 25.4 Å². The lowest BCUT2D eigenvalue weighted by atomic mass is 10.0. The van der Waals surface area contributed by atoms with Gasteiger partial charge in [-0.2, -0.15) is 0 Å². The Morgan fingerprint density at radius 1 is 1.31 bits per heavy atom. The number of amides is 4. The second kappa shape index (κ2) is 9.97. The molecule has 12 nitrogen and oxygen atoms in total. The lowest BCUT2D eigenvalue weighted by Crippen LogP contribution is -2.68. The largest absolute Gasteiger partial charge is 0.477 e. The van der Waals surface area contributed by atoms with E-state index in [1.54, 1.807) is 25.1 Å². The number of carbonyl (C=O) groups excluding carboxylic acids is 4. The number of allylic oxidation sites excluding steroid dienone is 1. The topological polar surface area (TPSA) is 154 Å². The van der Waals surface area contributed by atoms with Gasteiger partial charge in [0.05, 0.1) is 6.04 Å². The average molecular weight is 520 g/mol. The Hall–Kier alpha value is -3.32. The van der Waals surface area contributed by atoms with E-state index in [2.05, 4.69) is 6.58 Å². The number of fused-ring (bicyclic) bond motifs is 1. The molecule has 4 rings (SSSR count). The van der Waals surface area contributed by atoms with Crippen LogP contribution in [0.2, 0.25) is 0 Å². The Morgan fingerprint density at radius 2 is 2.03 bits per heavy atom.